The minimum Gasteiger partial charge on any atom is -0.352 e. The first kappa shape index (κ1) is 19.7. The Kier molecular flexibility index (Phi) is 6.07. The molecule has 1 fully saturated rings. The minimum atomic E-state index is -0.601. The van der Waals surface area contributed by atoms with Crippen molar-refractivity contribution in [3.8, 4) is 0 Å². The monoisotopic (exact) mass is 406 g/mol. The van der Waals surface area contributed by atoms with Gasteiger partial charge in [-0.25, -0.2) is 4.39 Å². The van der Waals surface area contributed by atoms with E-state index in [4.69, 9.17) is 11.6 Å². The van der Waals surface area contributed by atoms with Gasteiger partial charge in [0.2, 0.25) is 5.91 Å². The lowest BCUT2D eigenvalue weighted by Gasteiger charge is -2.29. The molecule has 0 aliphatic carbocycles. The van der Waals surface area contributed by atoms with E-state index >= 15 is 0 Å². The Bertz CT molecular complexity index is 827. The number of halogens is 2. The van der Waals surface area contributed by atoms with Crippen LogP contribution in [0, 0.1) is 5.82 Å². The maximum absolute atomic E-state index is 13.3. The summed E-state index contributed by atoms with van der Waals surface area (Å²) < 4.78 is 13.3. The number of nitrogens with one attached hydrogen (secondary N) is 1. The van der Waals surface area contributed by atoms with Crippen LogP contribution in [-0.4, -0.2) is 34.6 Å². The van der Waals surface area contributed by atoms with Gasteiger partial charge in [-0.05, 0) is 55.8 Å². The number of carbonyl (C=O) groups excluding carboxylic acids is 2. The Balaban J connectivity index is 1.95. The van der Waals surface area contributed by atoms with Gasteiger partial charge in [0.15, 0.2) is 0 Å². The topological polar surface area (TPSA) is 49.4 Å². The number of amides is 2. The number of hydrogen-bond donors (Lipinski definition) is 1. The van der Waals surface area contributed by atoms with Gasteiger partial charge in [0.25, 0.3) is 5.91 Å². The van der Waals surface area contributed by atoms with Crippen molar-refractivity contribution in [1.29, 1.82) is 0 Å². The summed E-state index contributed by atoms with van der Waals surface area (Å²) in [5.74, 6) is -0.314. The van der Waals surface area contributed by atoms with Gasteiger partial charge in [-0.15, -0.1) is 11.8 Å². The number of nitrogens with zero attached hydrogens (tertiary/aromatic N) is 1. The van der Waals surface area contributed by atoms with E-state index in [1.165, 1.54) is 23.9 Å². The second-order valence-corrected chi connectivity index (χ2v) is 8.19. The summed E-state index contributed by atoms with van der Waals surface area (Å²) in [6, 6.07) is 12.0. The van der Waals surface area contributed by atoms with Crippen LogP contribution in [0.4, 0.5) is 4.39 Å². The molecule has 1 heterocycles. The highest BCUT2D eigenvalue weighted by Gasteiger charge is 2.42. The number of hydrogen-bond acceptors (Lipinski definition) is 3. The maximum atomic E-state index is 13.3. The van der Waals surface area contributed by atoms with E-state index in [2.05, 4.69) is 5.32 Å². The number of carbonyl (C=O) groups is 2. The van der Waals surface area contributed by atoms with Gasteiger partial charge in [0.05, 0.1) is 0 Å². The molecule has 0 spiro atoms. The van der Waals surface area contributed by atoms with Crippen molar-refractivity contribution in [2.45, 2.75) is 31.3 Å². The molecule has 0 bridgehead atoms. The van der Waals surface area contributed by atoms with Gasteiger partial charge >= 0.3 is 0 Å². The standard InChI is InChI=1S/C20H20ClFN2O2S/c1-12(2)23-18(25)17-11-27-20(14-5-9-16(22)10-6-14)24(17)19(26)13-3-7-15(21)8-4-13/h3-10,12,17,20H,11H2,1-2H3,(H,23,25)/t17-,20+/m0/s1. The molecule has 2 aromatic rings. The van der Waals surface area contributed by atoms with Crippen LogP contribution < -0.4 is 5.32 Å². The zero-order valence-electron chi connectivity index (χ0n) is 15.0. The van der Waals surface area contributed by atoms with E-state index in [1.807, 2.05) is 13.8 Å². The van der Waals surface area contributed by atoms with Crippen LogP contribution >= 0.6 is 23.4 Å². The zero-order chi connectivity index (χ0) is 19.6. The molecular weight excluding hydrogens is 387 g/mol. The SMILES string of the molecule is CC(C)NC(=O)[C@@H]1CS[C@H](c2ccc(F)cc2)N1C(=O)c1ccc(Cl)cc1. The molecule has 142 valence electrons. The second kappa shape index (κ2) is 8.31. The normalized spacial score (nSPS) is 19.4. The fourth-order valence-electron chi connectivity index (χ4n) is 2.96. The largest absolute Gasteiger partial charge is 0.352 e. The molecule has 27 heavy (non-hydrogen) atoms. The van der Waals surface area contributed by atoms with Gasteiger partial charge in [-0.3, -0.25) is 9.59 Å². The summed E-state index contributed by atoms with van der Waals surface area (Å²) >= 11 is 7.42. The van der Waals surface area contributed by atoms with Crippen LogP contribution in [0.3, 0.4) is 0 Å². The molecule has 1 saturated heterocycles. The molecule has 2 aromatic carbocycles. The number of thioether (sulfide) groups is 1. The fourth-order valence-corrected chi connectivity index (χ4v) is 4.52. The second-order valence-electron chi connectivity index (χ2n) is 6.64. The molecule has 1 N–H and O–H groups in total. The van der Waals surface area contributed by atoms with Crippen molar-refractivity contribution in [2.75, 3.05) is 5.75 Å². The predicted octanol–water partition coefficient (Wildman–Crippen LogP) is 4.26. The summed E-state index contributed by atoms with van der Waals surface area (Å²) in [7, 11) is 0. The molecule has 1 aliphatic heterocycles. The van der Waals surface area contributed by atoms with Crippen LogP contribution in [0.2, 0.25) is 5.02 Å². The van der Waals surface area contributed by atoms with Crippen molar-refractivity contribution in [2.24, 2.45) is 0 Å². The average molecular weight is 407 g/mol. The lowest BCUT2D eigenvalue weighted by molar-refractivity contribution is -0.125. The Morgan fingerprint density at radius 1 is 1.15 bits per heavy atom. The van der Waals surface area contributed by atoms with E-state index in [0.29, 0.717) is 16.3 Å². The number of benzene rings is 2. The van der Waals surface area contributed by atoms with Crippen LogP contribution in [0.15, 0.2) is 48.5 Å². The number of rotatable bonds is 4. The highest BCUT2D eigenvalue weighted by Crippen LogP contribution is 2.42. The summed E-state index contributed by atoms with van der Waals surface area (Å²) in [6.45, 7) is 3.76. The Labute approximate surface area is 167 Å². The van der Waals surface area contributed by atoms with E-state index in [0.717, 1.165) is 5.56 Å². The lowest BCUT2D eigenvalue weighted by atomic mass is 10.1. The Morgan fingerprint density at radius 3 is 2.37 bits per heavy atom. The van der Waals surface area contributed by atoms with Crippen molar-refractivity contribution in [3.05, 3.63) is 70.5 Å². The van der Waals surface area contributed by atoms with Crippen LogP contribution in [0.25, 0.3) is 0 Å². The average Bonchev–Trinajstić information content (AvgIpc) is 3.07. The molecular formula is C20H20ClFN2O2S. The van der Waals surface area contributed by atoms with Crippen molar-refractivity contribution in [1.82, 2.24) is 10.2 Å². The van der Waals surface area contributed by atoms with Gasteiger partial charge in [-0.1, -0.05) is 23.7 Å². The third-order valence-electron chi connectivity index (χ3n) is 4.21. The van der Waals surface area contributed by atoms with Crippen molar-refractivity contribution >= 4 is 35.2 Å². The molecule has 4 nitrogen and oxygen atoms in total. The van der Waals surface area contributed by atoms with E-state index in [-0.39, 0.29) is 29.0 Å². The summed E-state index contributed by atoms with van der Waals surface area (Å²) in [5.41, 5.74) is 1.24. The van der Waals surface area contributed by atoms with Crippen LogP contribution in [-0.2, 0) is 4.79 Å². The summed E-state index contributed by atoms with van der Waals surface area (Å²) in [6.07, 6.45) is 0. The van der Waals surface area contributed by atoms with E-state index in [1.54, 1.807) is 41.3 Å². The first-order chi connectivity index (χ1) is 12.9. The fraction of sp³-hybridized carbons (Fsp3) is 0.300. The molecule has 0 unspecified atom stereocenters. The first-order valence-electron chi connectivity index (χ1n) is 8.62. The van der Waals surface area contributed by atoms with Gasteiger partial charge in [0, 0.05) is 22.4 Å². The minimum absolute atomic E-state index is 0.0279. The third kappa shape index (κ3) is 4.45. The molecule has 2 atom stereocenters. The Hall–Kier alpha value is -2.05. The third-order valence-corrected chi connectivity index (χ3v) is 5.79. The summed E-state index contributed by atoms with van der Waals surface area (Å²) in [5, 5.41) is 3.05. The first-order valence-corrected chi connectivity index (χ1v) is 10.0. The molecule has 0 radical (unpaired) electrons. The molecule has 3 rings (SSSR count). The highest BCUT2D eigenvalue weighted by molar-refractivity contribution is 7.99. The van der Waals surface area contributed by atoms with Crippen LogP contribution in [0.1, 0.15) is 35.1 Å². The van der Waals surface area contributed by atoms with E-state index < -0.39 is 6.04 Å². The maximum Gasteiger partial charge on any atom is 0.255 e. The molecule has 7 heteroatoms. The van der Waals surface area contributed by atoms with Crippen molar-refractivity contribution < 1.29 is 14.0 Å². The van der Waals surface area contributed by atoms with Crippen LogP contribution in [0.5, 0.6) is 0 Å². The summed E-state index contributed by atoms with van der Waals surface area (Å²) in [4.78, 5) is 27.5. The zero-order valence-corrected chi connectivity index (χ0v) is 16.6. The van der Waals surface area contributed by atoms with Gasteiger partial charge < -0.3 is 10.2 Å². The smallest absolute Gasteiger partial charge is 0.255 e. The van der Waals surface area contributed by atoms with E-state index in [9.17, 15) is 14.0 Å². The lowest BCUT2D eigenvalue weighted by Crippen LogP contribution is -2.49. The molecule has 2 amide bonds. The molecule has 1 aliphatic rings. The quantitative estimate of drug-likeness (QED) is 0.825. The van der Waals surface area contributed by atoms with Gasteiger partial charge in [0.1, 0.15) is 17.2 Å². The van der Waals surface area contributed by atoms with Crippen molar-refractivity contribution in [3.63, 3.8) is 0 Å². The molecule has 0 saturated carbocycles. The molecule has 0 aromatic heterocycles. The highest BCUT2D eigenvalue weighted by atomic mass is 35.5. The van der Waals surface area contributed by atoms with Gasteiger partial charge in [-0.2, -0.15) is 0 Å². The Morgan fingerprint density at radius 2 is 1.78 bits per heavy atom. The predicted molar refractivity (Wildman–Crippen MR) is 106 cm³/mol.